The third-order valence-electron chi connectivity index (χ3n) is 2.89. The summed E-state index contributed by atoms with van der Waals surface area (Å²) in [5, 5.41) is 17.7. The van der Waals surface area contributed by atoms with Crippen molar-refractivity contribution in [3.05, 3.63) is 53.2 Å². The summed E-state index contributed by atoms with van der Waals surface area (Å²) >= 11 is 4.67. The summed E-state index contributed by atoms with van der Waals surface area (Å²) in [4.78, 5) is 4.65. The molecule has 1 aromatic carbocycles. The van der Waals surface area contributed by atoms with Crippen molar-refractivity contribution in [2.75, 3.05) is 0 Å². The summed E-state index contributed by atoms with van der Waals surface area (Å²) in [5.41, 5.74) is 2.09. The van der Waals surface area contributed by atoms with E-state index in [2.05, 4.69) is 38.0 Å². The fourth-order valence-electron chi connectivity index (χ4n) is 1.90. The highest BCUT2D eigenvalue weighted by Crippen LogP contribution is 2.33. The highest BCUT2D eigenvalue weighted by atomic mass is 32.2. The van der Waals surface area contributed by atoms with Gasteiger partial charge in [0.2, 0.25) is 5.16 Å². The van der Waals surface area contributed by atoms with Gasteiger partial charge >= 0.3 is 0 Å². The molecule has 0 aliphatic rings. The van der Waals surface area contributed by atoms with Crippen molar-refractivity contribution >= 4 is 34.4 Å². The Labute approximate surface area is 138 Å². The second kappa shape index (κ2) is 5.99. The fourth-order valence-corrected chi connectivity index (χ4v) is 4.34. The van der Waals surface area contributed by atoms with Gasteiger partial charge in [-0.1, -0.05) is 30.3 Å². The van der Waals surface area contributed by atoms with Crippen LogP contribution in [-0.2, 0) is 0 Å². The first-order valence-electron chi connectivity index (χ1n) is 6.41. The summed E-state index contributed by atoms with van der Waals surface area (Å²) < 4.78 is 2.66. The minimum atomic E-state index is 0.719. The molecule has 22 heavy (non-hydrogen) atoms. The molecule has 5 nitrogen and oxygen atoms in total. The molecular weight excluding hydrogens is 334 g/mol. The number of hydrogen-bond donors (Lipinski definition) is 0. The van der Waals surface area contributed by atoms with Crippen molar-refractivity contribution < 1.29 is 0 Å². The second-order valence-corrected chi connectivity index (χ2v) is 7.29. The third kappa shape index (κ3) is 2.68. The van der Waals surface area contributed by atoms with Gasteiger partial charge in [-0.25, -0.2) is 4.98 Å². The first-order valence-corrected chi connectivity index (χ1v) is 8.99. The lowest BCUT2D eigenvalue weighted by Gasteiger charge is -1.98. The summed E-state index contributed by atoms with van der Waals surface area (Å²) in [6.07, 6.45) is 0. The number of tetrazole rings is 1. The predicted octanol–water partition coefficient (Wildman–Crippen LogP) is 4.00. The van der Waals surface area contributed by atoms with Gasteiger partial charge in [0.05, 0.1) is 5.69 Å². The molecule has 4 aromatic rings. The summed E-state index contributed by atoms with van der Waals surface area (Å²) in [6, 6.07) is 14.1. The monoisotopic (exact) mass is 343 g/mol. The maximum absolute atomic E-state index is 4.65. The highest BCUT2D eigenvalue weighted by molar-refractivity contribution is 8.00. The second-order valence-electron chi connectivity index (χ2n) is 4.29. The van der Waals surface area contributed by atoms with Crippen LogP contribution in [0.1, 0.15) is 0 Å². The molecule has 0 fully saturated rings. The topological polar surface area (TPSA) is 56.5 Å². The number of thiophene rings is 1. The van der Waals surface area contributed by atoms with Gasteiger partial charge < -0.3 is 0 Å². The number of rotatable bonds is 4. The molecule has 0 aliphatic carbocycles. The van der Waals surface area contributed by atoms with E-state index in [1.54, 1.807) is 27.4 Å². The molecule has 3 heterocycles. The molecule has 0 radical (unpaired) electrons. The van der Waals surface area contributed by atoms with Gasteiger partial charge in [-0.3, -0.25) is 0 Å². The number of benzene rings is 1. The zero-order valence-electron chi connectivity index (χ0n) is 11.2. The Bertz CT molecular complexity index is 867. The lowest BCUT2D eigenvalue weighted by molar-refractivity contribution is 0.768. The molecule has 0 aliphatic heterocycles. The van der Waals surface area contributed by atoms with Crippen LogP contribution in [-0.4, -0.2) is 25.2 Å². The maximum atomic E-state index is 4.65. The molecule has 0 spiro atoms. The van der Waals surface area contributed by atoms with Crippen molar-refractivity contribution in [1.82, 2.24) is 25.2 Å². The average molecular weight is 343 g/mol. The quantitative estimate of drug-likeness (QED) is 0.560. The van der Waals surface area contributed by atoms with Crippen LogP contribution in [0.2, 0.25) is 0 Å². The number of aromatic nitrogens is 5. The molecule has 0 atom stereocenters. The van der Waals surface area contributed by atoms with Gasteiger partial charge in [0.15, 0.2) is 4.34 Å². The van der Waals surface area contributed by atoms with Crippen molar-refractivity contribution in [1.29, 1.82) is 0 Å². The minimum Gasteiger partial charge on any atom is -0.229 e. The van der Waals surface area contributed by atoms with E-state index in [0.717, 1.165) is 25.8 Å². The molecule has 3 aromatic heterocycles. The van der Waals surface area contributed by atoms with E-state index in [9.17, 15) is 0 Å². The summed E-state index contributed by atoms with van der Waals surface area (Å²) in [7, 11) is 0. The van der Waals surface area contributed by atoms with E-state index in [-0.39, 0.29) is 0 Å². The zero-order valence-corrected chi connectivity index (χ0v) is 13.6. The van der Waals surface area contributed by atoms with Gasteiger partial charge in [-0.15, -0.1) is 27.8 Å². The molecule has 0 N–H and O–H groups in total. The van der Waals surface area contributed by atoms with Crippen molar-refractivity contribution in [2.24, 2.45) is 0 Å². The van der Waals surface area contributed by atoms with Crippen LogP contribution in [0.5, 0.6) is 0 Å². The molecule has 0 amide bonds. The van der Waals surface area contributed by atoms with Crippen LogP contribution >= 0.6 is 34.4 Å². The summed E-state index contributed by atoms with van der Waals surface area (Å²) in [6.45, 7) is 0. The molecular formula is C14H9N5S3. The molecule has 0 bridgehead atoms. The van der Waals surface area contributed by atoms with Crippen LogP contribution in [0.15, 0.2) is 62.7 Å². The molecule has 0 unspecified atom stereocenters. The van der Waals surface area contributed by atoms with E-state index in [1.165, 1.54) is 11.8 Å². The van der Waals surface area contributed by atoms with Crippen molar-refractivity contribution in [2.45, 2.75) is 9.50 Å². The van der Waals surface area contributed by atoms with Gasteiger partial charge in [0.25, 0.3) is 0 Å². The number of hydrogen-bond acceptors (Lipinski definition) is 7. The van der Waals surface area contributed by atoms with E-state index in [1.807, 2.05) is 35.7 Å². The Hall–Kier alpha value is -2.03. The van der Waals surface area contributed by atoms with Crippen molar-refractivity contribution in [3.8, 4) is 16.3 Å². The largest absolute Gasteiger partial charge is 0.229 e. The Balaban J connectivity index is 1.61. The van der Waals surface area contributed by atoms with Crippen LogP contribution in [0.3, 0.4) is 0 Å². The highest BCUT2D eigenvalue weighted by Gasteiger charge is 2.13. The lowest BCUT2D eigenvalue weighted by atomic mass is 10.2. The van der Waals surface area contributed by atoms with E-state index < -0.39 is 0 Å². The summed E-state index contributed by atoms with van der Waals surface area (Å²) in [5.74, 6) is 0. The Morgan fingerprint density at radius 2 is 1.91 bits per heavy atom. The molecule has 8 heteroatoms. The smallest absolute Gasteiger partial charge is 0.221 e. The Morgan fingerprint density at radius 1 is 1.00 bits per heavy atom. The number of nitrogens with zero attached hydrogens (tertiary/aromatic N) is 5. The SMILES string of the molecule is c1ccc(-c2csc(Sc3nnnn3-c3cccs3)n2)cc1. The molecule has 108 valence electrons. The molecule has 0 saturated carbocycles. The van der Waals surface area contributed by atoms with Crippen LogP contribution in [0, 0.1) is 0 Å². The third-order valence-corrected chi connectivity index (χ3v) is 5.61. The van der Waals surface area contributed by atoms with Crippen molar-refractivity contribution in [3.63, 3.8) is 0 Å². The fraction of sp³-hybridized carbons (Fsp3) is 0. The van der Waals surface area contributed by atoms with Crippen LogP contribution in [0.25, 0.3) is 16.3 Å². The first kappa shape index (κ1) is 13.6. The maximum Gasteiger partial charge on any atom is 0.221 e. The Kier molecular flexibility index (Phi) is 3.71. The van der Waals surface area contributed by atoms with Gasteiger partial charge in [-0.2, -0.15) is 4.68 Å². The van der Waals surface area contributed by atoms with E-state index in [0.29, 0.717) is 0 Å². The number of thiazole rings is 1. The average Bonchev–Trinajstić information content (AvgIpc) is 3.30. The predicted molar refractivity (Wildman–Crippen MR) is 88.7 cm³/mol. The Morgan fingerprint density at radius 3 is 2.73 bits per heavy atom. The minimum absolute atomic E-state index is 0.719. The van der Waals surface area contributed by atoms with E-state index in [4.69, 9.17) is 0 Å². The first-order chi connectivity index (χ1) is 10.9. The zero-order chi connectivity index (χ0) is 14.8. The van der Waals surface area contributed by atoms with Crippen LogP contribution < -0.4 is 0 Å². The molecule has 0 saturated heterocycles. The standard InChI is InChI=1S/C14H9N5S3/c1-2-5-10(6-3-1)11-9-21-14(15-11)22-13-16-17-18-19(13)12-7-4-8-20-12/h1-9H. The van der Waals surface area contributed by atoms with Gasteiger partial charge in [-0.05, 0) is 39.7 Å². The normalized spacial score (nSPS) is 10.9. The van der Waals surface area contributed by atoms with Gasteiger partial charge in [0, 0.05) is 10.9 Å². The van der Waals surface area contributed by atoms with Crippen LogP contribution in [0.4, 0.5) is 0 Å². The van der Waals surface area contributed by atoms with Gasteiger partial charge in [0.1, 0.15) is 5.00 Å². The lowest BCUT2D eigenvalue weighted by Crippen LogP contribution is -1.95. The van der Waals surface area contributed by atoms with E-state index >= 15 is 0 Å². The molecule has 4 rings (SSSR count).